The van der Waals surface area contributed by atoms with E-state index in [9.17, 15) is 4.79 Å². The van der Waals surface area contributed by atoms with E-state index >= 15 is 0 Å². The Morgan fingerprint density at radius 1 is 1.58 bits per heavy atom. The van der Waals surface area contributed by atoms with Gasteiger partial charge in [-0.1, -0.05) is 5.92 Å². The molecule has 0 radical (unpaired) electrons. The zero-order valence-electron chi connectivity index (χ0n) is 6.84. The van der Waals surface area contributed by atoms with Crippen LogP contribution < -0.4 is 10.6 Å². The minimum Gasteiger partial charge on any atom is -0.352 e. The standard InChI is InChI=1S/C9H12N2O/c1-2-3-8(12)11-9-6-4-10-5-7(6)9/h1,6-7,9-10H,3-5H2,(H,11,12). The third-order valence-electron chi connectivity index (χ3n) is 2.68. The van der Waals surface area contributed by atoms with Crippen LogP contribution in [0, 0.1) is 24.2 Å². The Morgan fingerprint density at radius 3 is 2.83 bits per heavy atom. The van der Waals surface area contributed by atoms with Gasteiger partial charge in [-0.25, -0.2) is 0 Å². The van der Waals surface area contributed by atoms with Gasteiger partial charge in [0.25, 0.3) is 0 Å². The number of rotatable bonds is 2. The Bertz CT molecular complexity index is 233. The van der Waals surface area contributed by atoms with Crippen molar-refractivity contribution in [2.24, 2.45) is 11.8 Å². The molecule has 1 saturated carbocycles. The van der Waals surface area contributed by atoms with Gasteiger partial charge in [-0.05, 0) is 11.8 Å². The first-order valence-electron chi connectivity index (χ1n) is 4.26. The average molecular weight is 164 g/mol. The molecule has 2 atom stereocenters. The summed E-state index contributed by atoms with van der Waals surface area (Å²) in [5.41, 5.74) is 0. The number of piperidine rings is 1. The first-order chi connectivity index (χ1) is 5.83. The van der Waals surface area contributed by atoms with Gasteiger partial charge in [0.2, 0.25) is 5.91 Å². The molecule has 0 aromatic carbocycles. The fraction of sp³-hybridized carbons (Fsp3) is 0.667. The maximum atomic E-state index is 11.1. The van der Waals surface area contributed by atoms with Crippen LogP contribution in [0.3, 0.4) is 0 Å². The molecule has 2 rings (SSSR count). The van der Waals surface area contributed by atoms with Crippen LogP contribution >= 0.6 is 0 Å². The molecule has 3 nitrogen and oxygen atoms in total. The zero-order valence-corrected chi connectivity index (χ0v) is 6.84. The van der Waals surface area contributed by atoms with Crippen molar-refractivity contribution in [1.82, 2.24) is 10.6 Å². The molecule has 1 aliphatic carbocycles. The molecule has 64 valence electrons. The normalized spacial score (nSPS) is 36.8. The van der Waals surface area contributed by atoms with E-state index in [1.165, 1.54) is 0 Å². The summed E-state index contributed by atoms with van der Waals surface area (Å²) in [6.45, 7) is 2.09. The topological polar surface area (TPSA) is 41.1 Å². The van der Waals surface area contributed by atoms with Crippen molar-refractivity contribution in [1.29, 1.82) is 0 Å². The smallest absolute Gasteiger partial charge is 0.232 e. The van der Waals surface area contributed by atoms with E-state index in [4.69, 9.17) is 6.42 Å². The molecular formula is C9H12N2O. The van der Waals surface area contributed by atoms with Crippen molar-refractivity contribution in [3.8, 4) is 12.3 Å². The van der Waals surface area contributed by atoms with E-state index in [2.05, 4.69) is 16.6 Å². The summed E-state index contributed by atoms with van der Waals surface area (Å²) in [5.74, 6) is 3.68. The highest BCUT2D eigenvalue weighted by Crippen LogP contribution is 2.41. The molecule has 1 amide bonds. The van der Waals surface area contributed by atoms with Crippen molar-refractivity contribution in [2.45, 2.75) is 12.5 Å². The van der Waals surface area contributed by atoms with Crippen LogP contribution in [0.2, 0.25) is 0 Å². The summed E-state index contributed by atoms with van der Waals surface area (Å²) in [5, 5.41) is 6.20. The second kappa shape index (κ2) is 2.80. The van der Waals surface area contributed by atoms with Crippen molar-refractivity contribution in [3.63, 3.8) is 0 Å². The number of hydrogen-bond donors (Lipinski definition) is 2. The lowest BCUT2D eigenvalue weighted by Gasteiger charge is -2.05. The highest BCUT2D eigenvalue weighted by Gasteiger charge is 2.53. The lowest BCUT2D eigenvalue weighted by atomic mass is 10.3. The Kier molecular flexibility index (Phi) is 1.78. The molecular weight excluding hydrogens is 152 g/mol. The monoisotopic (exact) mass is 164 g/mol. The summed E-state index contributed by atoms with van der Waals surface area (Å²) >= 11 is 0. The second-order valence-electron chi connectivity index (χ2n) is 3.46. The van der Waals surface area contributed by atoms with Crippen molar-refractivity contribution >= 4 is 5.91 Å². The van der Waals surface area contributed by atoms with Gasteiger partial charge in [0.05, 0.1) is 6.42 Å². The Hall–Kier alpha value is -1.01. The van der Waals surface area contributed by atoms with E-state index in [1.807, 2.05) is 0 Å². The molecule has 2 unspecified atom stereocenters. The summed E-state index contributed by atoms with van der Waals surface area (Å²) in [4.78, 5) is 11.1. The Morgan fingerprint density at radius 2 is 2.25 bits per heavy atom. The molecule has 3 heteroatoms. The Labute approximate surface area is 71.9 Å². The van der Waals surface area contributed by atoms with Gasteiger partial charge in [-0.2, -0.15) is 0 Å². The van der Waals surface area contributed by atoms with Gasteiger partial charge >= 0.3 is 0 Å². The molecule has 0 aromatic heterocycles. The van der Waals surface area contributed by atoms with Gasteiger partial charge < -0.3 is 10.6 Å². The van der Waals surface area contributed by atoms with E-state index in [0.29, 0.717) is 17.9 Å². The van der Waals surface area contributed by atoms with Crippen LogP contribution in [0.4, 0.5) is 0 Å². The molecule has 0 aromatic rings. The fourth-order valence-electron chi connectivity index (χ4n) is 1.96. The van der Waals surface area contributed by atoms with Gasteiger partial charge in [0, 0.05) is 19.1 Å². The lowest BCUT2D eigenvalue weighted by Crippen LogP contribution is -2.32. The minimum atomic E-state index is -0.00287. The molecule has 2 N–H and O–H groups in total. The van der Waals surface area contributed by atoms with E-state index in [1.54, 1.807) is 0 Å². The SMILES string of the molecule is C#CCC(=O)NC1C2CNCC21. The molecule has 2 fully saturated rings. The Balaban J connectivity index is 1.76. The van der Waals surface area contributed by atoms with Crippen molar-refractivity contribution < 1.29 is 4.79 Å². The van der Waals surface area contributed by atoms with Crippen molar-refractivity contribution in [3.05, 3.63) is 0 Å². The number of hydrogen-bond acceptors (Lipinski definition) is 2. The van der Waals surface area contributed by atoms with E-state index < -0.39 is 0 Å². The van der Waals surface area contributed by atoms with Crippen molar-refractivity contribution in [2.75, 3.05) is 13.1 Å². The molecule has 1 saturated heterocycles. The first kappa shape index (κ1) is 7.63. The number of fused-ring (bicyclic) bond motifs is 1. The van der Waals surface area contributed by atoms with Gasteiger partial charge in [0.1, 0.15) is 0 Å². The van der Waals surface area contributed by atoms with Crippen LogP contribution in [-0.4, -0.2) is 25.0 Å². The third-order valence-corrected chi connectivity index (χ3v) is 2.68. The molecule has 1 heterocycles. The first-order valence-corrected chi connectivity index (χ1v) is 4.26. The highest BCUT2D eigenvalue weighted by molar-refractivity contribution is 5.79. The van der Waals surface area contributed by atoms with E-state index in [-0.39, 0.29) is 12.3 Å². The molecule has 0 bridgehead atoms. The average Bonchev–Trinajstić information content (AvgIpc) is 2.51. The lowest BCUT2D eigenvalue weighted by molar-refractivity contribution is -0.120. The predicted octanol–water partition coefficient (Wildman–Crippen LogP) is -0.656. The van der Waals surface area contributed by atoms with Crippen LogP contribution in [0.25, 0.3) is 0 Å². The molecule has 0 spiro atoms. The minimum absolute atomic E-state index is 0.00287. The zero-order chi connectivity index (χ0) is 8.55. The predicted molar refractivity (Wildman–Crippen MR) is 45.2 cm³/mol. The van der Waals surface area contributed by atoms with Crippen LogP contribution in [0.5, 0.6) is 0 Å². The van der Waals surface area contributed by atoms with E-state index in [0.717, 1.165) is 13.1 Å². The summed E-state index contributed by atoms with van der Waals surface area (Å²) < 4.78 is 0. The quantitative estimate of drug-likeness (QED) is 0.532. The number of nitrogens with one attached hydrogen (secondary N) is 2. The summed E-state index contributed by atoms with van der Waals surface area (Å²) in [6.07, 6.45) is 5.23. The number of terminal acetylenes is 1. The van der Waals surface area contributed by atoms with Crippen LogP contribution in [-0.2, 0) is 4.79 Å². The second-order valence-corrected chi connectivity index (χ2v) is 3.46. The number of carbonyl (C=O) groups excluding carboxylic acids is 1. The van der Waals surface area contributed by atoms with Crippen LogP contribution in [0.15, 0.2) is 0 Å². The van der Waals surface area contributed by atoms with Gasteiger partial charge in [-0.15, -0.1) is 6.42 Å². The third kappa shape index (κ3) is 1.19. The molecule has 2 aliphatic rings. The fourth-order valence-corrected chi connectivity index (χ4v) is 1.96. The maximum Gasteiger partial charge on any atom is 0.232 e. The number of carbonyl (C=O) groups is 1. The number of amides is 1. The van der Waals surface area contributed by atoms with Crippen LogP contribution in [0.1, 0.15) is 6.42 Å². The highest BCUT2D eigenvalue weighted by atomic mass is 16.1. The molecule has 1 aliphatic heterocycles. The maximum absolute atomic E-state index is 11.1. The molecule has 12 heavy (non-hydrogen) atoms. The van der Waals surface area contributed by atoms with Gasteiger partial charge in [-0.3, -0.25) is 4.79 Å². The largest absolute Gasteiger partial charge is 0.352 e. The summed E-state index contributed by atoms with van der Waals surface area (Å²) in [7, 11) is 0. The summed E-state index contributed by atoms with van der Waals surface area (Å²) in [6, 6.07) is 0.409. The van der Waals surface area contributed by atoms with Gasteiger partial charge in [0.15, 0.2) is 0 Å².